The molecule has 1 aromatic carbocycles. The number of aryl methyl sites for hydroxylation is 1. The minimum atomic E-state index is -2.88. The van der Waals surface area contributed by atoms with E-state index in [2.05, 4.69) is 15.3 Å². The van der Waals surface area contributed by atoms with E-state index in [9.17, 15) is 18.8 Å². The molecule has 0 radical (unpaired) electrons. The smallest absolute Gasteiger partial charge is 0.265 e. The van der Waals surface area contributed by atoms with Crippen LogP contribution in [-0.2, 0) is 24.9 Å². The summed E-state index contributed by atoms with van der Waals surface area (Å²) in [5, 5.41) is 3.65. The first-order valence-corrected chi connectivity index (χ1v) is 11.7. The Labute approximate surface area is 220 Å². The molecule has 37 heavy (non-hydrogen) atoms. The molecule has 0 unspecified atom stereocenters. The fourth-order valence-electron chi connectivity index (χ4n) is 4.13. The second kappa shape index (κ2) is 9.44. The molecule has 4 aromatic rings. The van der Waals surface area contributed by atoms with Gasteiger partial charge in [0.2, 0.25) is 5.91 Å². The first-order chi connectivity index (χ1) is 18.8. The number of fused-ring (bicyclic) bond motifs is 1. The number of benzene rings is 1. The van der Waals surface area contributed by atoms with Crippen LogP contribution in [0.4, 0.5) is 4.39 Å². The Bertz CT molecular complexity index is 1680. The topological polar surface area (TPSA) is 102 Å². The number of alkyl halides is 1. The van der Waals surface area contributed by atoms with Crippen molar-refractivity contribution in [1.82, 2.24) is 29.3 Å². The maximum atomic E-state index is 14.6. The number of nitrogens with zero attached hydrogens (tertiary/aromatic N) is 5. The average molecular weight is 526 g/mol. The Morgan fingerprint density at radius 3 is 2.65 bits per heavy atom. The lowest BCUT2D eigenvalue weighted by Crippen LogP contribution is -2.60. The van der Waals surface area contributed by atoms with Crippen LogP contribution in [-0.4, -0.2) is 54.6 Å². The van der Waals surface area contributed by atoms with E-state index >= 15 is 0 Å². The van der Waals surface area contributed by atoms with Crippen molar-refractivity contribution in [1.29, 1.82) is 0 Å². The maximum absolute atomic E-state index is 14.6. The number of carbonyl (C=O) groups is 2. The summed E-state index contributed by atoms with van der Waals surface area (Å²) in [5.41, 5.74) is -1.36. The van der Waals surface area contributed by atoms with Crippen molar-refractivity contribution in [3.63, 3.8) is 0 Å². The molecule has 1 aliphatic rings. The zero-order chi connectivity index (χ0) is 28.8. The third-order valence-electron chi connectivity index (χ3n) is 6.07. The zero-order valence-corrected chi connectivity index (χ0v) is 20.5. The minimum Gasteiger partial charge on any atom is -0.348 e. The Morgan fingerprint density at radius 1 is 1.22 bits per heavy atom. The predicted octanol–water partition coefficient (Wildman–Crippen LogP) is 2.95. The number of amides is 2. The second-order valence-corrected chi connectivity index (χ2v) is 9.47. The quantitative estimate of drug-likeness (QED) is 0.417. The van der Waals surface area contributed by atoms with Crippen molar-refractivity contribution in [2.45, 2.75) is 25.6 Å². The number of likely N-dealkylation sites (tertiary alicyclic amines) is 1. The molecule has 0 atom stereocenters. The van der Waals surface area contributed by atoms with Crippen LogP contribution in [0.15, 0.2) is 59.9 Å². The fourth-order valence-corrected chi connectivity index (χ4v) is 4.25. The van der Waals surface area contributed by atoms with Gasteiger partial charge in [0.05, 0.1) is 25.1 Å². The van der Waals surface area contributed by atoms with E-state index in [-0.39, 0.29) is 17.8 Å². The molecule has 1 aliphatic heterocycles. The highest BCUT2D eigenvalue weighted by molar-refractivity contribution is 6.30. The molecule has 1 saturated heterocycles. The van der Waals surface area contributed by atoms with Crippen molar-refractivity contribution in [2.24, 2.45) is 7.05 Å². The van der Waals surface area contributed by atoms with E-state index in [4.69, 9.17) is 15.7 Å². The van der Waals surface area contributed by atoms with Gasteiger partial charge in [0.25, 0.3) is 11.5 Å². The third-order valence-corrected chi connectivity index (χ3v) is 6.32. The normalized spacial score (nSPS) is 16.0. The number of carbonyl (C=O) groups excluding carboxylic acids is 2. The highest BCUT2D eigenvalue weighted by Gasteiger charge is 2.41. The van der Waals surface area contributed by atoms with Gasteiger partial charge >= 0.3 is 0 Å². The van der Waals surface area contributed by atoms with Crippen molar-refractivity contribution in [2.75, 3.05) is 13.1 Å². The van der Waals surface area contributed by atoms with Gasteiger partial charge in [-0.25, -0.2) is 14.4 Å². The summed E-state index contributed by atoms with van der Waals surface area (Å²) < 4.78 is 39.5. The number of hydrogen-bond donors (Lipinski definition) is 1. The molecule has 0 saturated carbocycles. The van der Waals surface area contributed by atoms with Crippen LogP contribution in [0.5, 0.6) is 0 Å². The van der Waals surface area contributed by atoms with Crippen LogP contribution in [0.2, 0.25) is 5.02 Å². The van der Waals surface area contributed by atoms with Crippen molar-refractivity contribution in [3.8, 4) is 11.3 Å². The van der Waals surface area contributed by atoms with E-state index in [0.29, 0.717) is 21.7 Å². The number of hydrogen-bond acceptors (Lipinski definition) is 5. The summed E-state index contributed by atoms with van der Waals surface area (Å²) in [4.78, 5) is 49.3. The van der Waals surface area contributed by atoms with Crippen molar-refractivity contribution >= 4 is 34.4 Å². The Balaban J connectivity index is 1.49. The average Bonchev–Trinajstić information content (AvgIpc) is 3.32. The zero-order valence-electron chi connectivity index (χ0n) is 22.7. The van der Waals surface area contributed by atoms with Crippen LogP contribution in [0.3, 0.4) is 0 Å². The number of nitrogens with one attached hydrogen (secondary N) is 1. The van der Waals surface area contributed by atoms with Crippen LogP contribution in [0, 0.1) is 0 Å². The number of rotatable bonds is 6. The van der Waals surface area contributed by atoms with Gasteiger partial charge in [-0.05, 0) is 36.7 Å². The lowest BCUT2D eigenvalue weighted by Gasteiger charge is -2.42. The molecule has 1 fully saturated rings. The number of aromatic nitrogens is 4. The van der Waals surface area contributed by atoms with Crippen molar-refractivity contribution in [3.05, 3.63) is 81.6 Å². The molecule has 0 spiro atoms. The Hall–Kier alpha value is -4.05. The summed E-state index contributed by atoms with van der Waals surface area (Å²) in [6.45, 7) is -4.54. The van der Waals surface area contributed by atoms with Gasteiger partial charge in [-0.1, -0.05) is 23.7 Å². The summed E-state index contributed by atoms with van der Waals surface area (Å²) in [5.74, 6) is -1.34. The third kappa shape index (κ3) is 5.10. The van der Waals surface area contributed by atoms with E-state index in [1.165, 1.54) is 12.3 Å². The van der Waals surface area contributed by atoms with E-state index in [1.807, 2.05) is 7.05 Å². The summed E-state index contributed by atoms with van der Waals surface area (Å²) in [7, 11) is 1.81. The van der Waals surface area contributed by atoms with Crippen LogP contribution in [0.1, 0.15) is 26.9 Å². The predicted molar refractivity (Wildman–Crippen MR) is 137 cm³/mol. The number of halogens is 2. The highest BCUT2D eigenvalue weighted by atomic mass is 35.5. The van der Waals surface area contributed by atoms with Gasteiger partial charge in [-0.3, -0.25) is 19.0 Å². The van der Waals surface area contributed by atoms with Gasteiger partial charge in [0.1, 0.15) is 23.4 Å². The van der Waals surface area contributed by atoms with Gasteiger partial charge in [0, 0.05) is 46.1 Å². The monoisotopic (exact) mass is 525 g/mol. The first kappa shape index (κ1) is 21.1. The van der Waals surface area contributed by atoms with Crippen LogP contribution < -0.4 is 10.9 Å². The van der Waals surface area contributed by atoms with Gasteiger partial charge < -0.3 is 14.8 Å². The lowest BCUT2D eigenvalue weighted by atomic mass is 9.99. The lowest BCUT2D eigenvalue weighted by molar-refractivity contribution is -0.144. The number of imidazole rings is 1. The summed E-state index contributed by atoms with van der Waals surface area (Å²) in [6.07, 6.45) is 4.89. The molecule has 0 aliphatic carbocycles. The highest BCUT2D eigenvalue weighted by Crippen LogP contribution is 2.25. The first-order valence-electron chi connectivity index (χ1n) is 12.9. The minimum absolute atomic E-state index is 0.125. The van der Waals surface area contributed by atoms with Crippen LogP contribution >= 0.6 is 11.6 Å². The molecule has 2 amide bonds. The van der Waals surface area contributed by atoms with E-state index in [1.54, 1.807) is 47.4 Å². The van der Waals surface area contributed by atoms with E-state index < -0.39 is 49.5 Å². The Morgan fingerprint density at radius 2 is 1.97 bits per heavy atom. The van der Waals surface area contributed by atoms with Crippen molar-refractivity contribution < 1.29 is 18.1 Å². The summed E-state index contributed by atoms with van der Waals surface area (Å²) >= 11 is 5.92. The molecule has 3 aromatic heterocycles. The molecule has 9 nitrogen and oxygen atoms in total. The standard InChI is InChI=1S/C26H24ClFN6O3/c1-26(28)13-33(14-26)22(35)12-34-23-17(7-18(10-29-23)21-11-32(2)15-31-21)8-20(25(34)37)24(36)30-9-16-3-5-19(27)6-4-16/h3-8,10-11,15H,9,12-14H2,1-2H3,(H,30,36)/i1D3. The molecule has 11 heteroatoms. The molecule has 1 N–H and O–H groups in total. The molecule has 5 rings (SSSR count). The molecule has 190 valence electrons. The van der Waals surface area contributed by atoms with Gasteiger partial charge in [-0.2, -0.15) is 0 Å². The Kier molecular flexibility index (Phi) is 5.37. The molecule has 4 heterocycles. The van der Waals surface area contributed by atoms with Gasteiger partial charge in [-0.15, -0.1) is 0 Å². The van der Waals surface area contributed by atoms with Crippen LogP contribution in [0.25, 0.3) is 22.3 Å². The van der Waals surface area contributed by atoms with Gasteiger partial charge in [0.15, 0.2) is 0 Å². The SMILES string of the molecule is [2H]C([2H])([2H])C1(F)CN(C(=O)Cn2c(=O)c(C(=O)NCc3ccc(Cl)cc3)cc3cc(-c4cn(C)cn4)cnc32)C1. The second-order valence-electron chi connectivity index (χ2n) is 9.03. The maximum Gasteiger partial charge on any atom is 0.265 e. The molecular weight excluding hydrogens is 499 g/mol. The fraction of sp³-hybridized carbons (Fsp3) is 0.269. The molecule has 0 bridgehead atoms. The molecular formula is C26H24ClFN6O3. The summed E-state index contributed by atoms with van der Waals surface area (Å²) in [6, 6.07) is 9.93. The number of pyridine rings is 2. The van der Waals surface area contributed by atoms with E-state index in [0.717, 1.165) is 15.0 Å². The largest absolute Gasteiger partial charge is 0.348 e.